The lowest BCUT2D eigenvalue weighted by molar-refractivity contribution is -0.146. The van der Waals surface area contributed by atoms with Crippen LogP contribution in [0.4, 0.5) is 0 Å². The molecule has 0 radical (unpaired) electrons. The molecule has 0 bridgehead atoms. The Balaban J connectivity index is 2.42. The molecule has 0 aliphatic rings. The van der Waals surface area contributed by atoms with Crippen molar-refractivity contribution >= 4 is 23.3 Å². The van der Waals surface area contributed by atoms with Crippen molar-refractivity contribution in [2.45, 2.75) is 13.8 Å². The molecular formula is C12H16O6S. The molecule has 7 heteroatoms. The summed E-state index contributed by atoms with van der Waals surface area (Å²) in [4.78, 5) is 22.3. The highest BCUT2D eigenvalue weighted by molar-refractivity contribution is 7.08. The third-order valence-corrected chi connectivity index (χ3v) is 2.60. The summed E-state index contributed by atoms with van der Waals surface area (Å²) in [5.41, 5.74) is 0. The van der Waals surface area contributed by atoms with Crippen LogP contribution >= 0.6 is 11.3 Å². The van der Waals surface area contributed by atoms with Crippen molar-refractivity contribution in [2.24, 2.45) is 0 Å². The Bertz CT molecular complexity index is 378. The van der Waals surface area contributed by atoms with Crippen molar-refractivity contribution in [1.82, 2.24) is 0 Å². The van der Waals surface area contributed by atoms with Crippen LogP contribution in [0.1, 0.15) is 13.8 Å². The quantitative estimate of drug-likeness (QED) is 0.677. The van der Waals surface area contributed by atoms with Crippen LogP contribution in [0.2, 0.25) is 0 Å². The van der Waals surface area contributed by atoms with Crippen LogP contribution in [-0.2, 0) is 19.1 Å². The van der Waals surface area contributed by atoms with Gasteiger partial charge in [0.2, 0.25) is 0 Å². The minimum Gasteiger partial charge on any atom is -0.477 e. The van der Waals surface area contributed by atoms with E-state index in [0.29, 0.717) is 24.7 Å². The zero-order chi connectivity index (χ0) is 14.1. The molecule has 1 rings (SSSR count). The van der Waals surface area contributed by atoms with E-state index in [0.717, 1.165) is 0 Å². The molecule has 0 amide bonds. The Morgan fingerprint density at radius 1 is 0.947 bits per heavy atom. The van der Waals surface area contributed by atoms with Crippen molar-refractivity contribution in [3.05, 3.63) is 10.8 Å². The number of rotatable bonds is 8. The van der Waals surface area contributed by atoms with Gasteiger partial charge in [-0.05, 0) is 13.8 Å². The molecule has 0 aromatic carbocycles. The molecule has 0 fully saturated rings. The van der Waals surface area contributed by atoms with Crippen molar-refractivity contribution in [3.63, 3.8) is 0 Å². The molecule has 1 aromatic rings. The van der Waals surface area contributed by atoms with E-state index in [1.54, 1.807) is 24.6 Å². The lowest BCUT2D eigenvalue weighted by Crippen LogP contribution is -2.16. The van der Waals surface area contributed by atoms with Crippen molar-refractivity contribution in [2.75, 3.05) is 26.4 Å². The number of hydrogen-bond donors (Lipinski definition) is 0. The van der Waals surface area contributed by atoms with Crippen molar-refractivity contribution in [3.8, 4) is 11.5 Å². The van der Waals surface area contributed by atoms with E-state index in [-0.39, 0.29) is 13.2 Å². The second kappa shape index (κ2) is 8.36. The van der Waals surface area contributed by atoms with Gasteiger partial charge in [-0.1, -0.05) is 0 Å². The molecule has 0 unspecified atom stereocenters. The van der Waals surface area contributed by atoms with Crippen molar-refractivity contribution < 1.29 is 28.5 Å². The van der Waals surface area contributed by atoms with Gasteiger partial charge in [0.1, 0.15) is 0 Å². The lowest BCUT2D eigenvalue weighted by atomic mass is 10.5. The van der Waals surface area contributed by atoms with E-state index in [1.165, 1.54) is 11.3 Å². The van der Waals surface area contributed by atoms with Crippen LogP contribution in [0, 0.1) is 0 Å². The van der Waals surface area contributed by atoms with Gasteiger partial charge in [-0.15, -0.1) is 11.3 Å². The number of hydrogen-bond acceptors (Lipinski definition) is 7. The number of carbonyl (C=O) groups excluding carboxylic acids is 2. The first-order valence-electron chi connectivity index (χ1n) is 5.80. The molecule has 0 N–H and O–H groups in total. The number of esters is 2. The summed E-state index contributed by atoms with van der Waals surface area (Å²) in [5, 5.41) is 3.36. The molecule has 0 atom stereocenters. The Hall–Kier alpha value is -1.76. The minimum atomic E-state index is -0.454. The zero-order valence-electron chi connectivity index (χ0n) is 10.8. The molecule has 1 aromatic heterocycles. The number of thiophene rings is 1. The summed E-state index contributed by atoms with van der Waals surface area (Å²) in [6.07, 6.45) is 0. The third kappa shape index (κ3) is 5.60. The van der Waals surface area contributed by atoms with Gasteiger partial charge in [-0.2, -0.15) is 0 Å². The Morgan fingerprint density at radius 2 is 1.37 bits per heavy atom. The second-order valence-corrected chi connectivity index (χ2v) is 4.03. The van der Waals surface area contributed by atoms with Crippen LogP contribution in [0.5, 0.6) is 11.5 Å². The van der Waals surface area contributed by atoms with E-state index in [4.69, 9.17) is 18.9 Å². The fourth-order valence-corrected chi connectivity index (χ4v) is 1.85. The molecule has 1 heterocycles. The maximum atomic E-state index is 11.1. The fraction of sp³-hybridized carbons (Fsp3) is 0.500. The number of carbonyl (C=O) groups is 2. The van der Waals surface area contributed by atoms with Gasteiger partial charge in [0, 0.05) is 10.8 Å². The smallest absolute Gasteiger partial charge is 0.344 e. The van der Waals surface area contributed by atoms with Crippen molar-refractivity contribution in [1.29, 1.82) is 0 Å². The van der Waals surface area contributed by atoms with Crippen LogP contribution in [0.15, 0.2) is 10.8 Å². The Kier molecular flexibility index (Phi) is 6.73. The highest BCUT2D eigenvalue weighted by Crippen LogP contribution is 2.31. The molecule has 0 saturated carbocycles. The predicted molar refractivity (Wildman–Crippen MR) is 68.6 cm³/mol. The van der Waals surface area contributed by atoms with Gasteiger partial charge in [0.25, 0.3) is 0 Å². The average Bonchev–Trinajstić information content (AvgIpc) is 2.82. The molecular weight excluding hydrogens is 272 g/mol. The van der Waals surface area contributed by atoms with E-state index in [1.807, 2.05) is 0 Å². The second-order valence-electron chi connectivity index (χ2n) is 3.29. The molecule has 19 heavy (non-hydrogen) atoms. The lowest BCUT2D eigenvalue weighted by Gasteiger charge is -2.08. The summed E-state index contributed by atoms with van der Waals surface area (Å²) in [7, 11) is 0. The van der Waals surface area contributed by atoms with E-state index in [2.05, 4.69) is 0 Å². The van der Waals surface area contributed by atoms with Gasteiger partial charge in [-0.3, -0.25) is 0 Å². The van der Waals surface area contributed by atoms with Crippen LogP contribution in [-0.4, -0.2) is 38.4 Å². The van der Waals surface area contributed by atoms with Crippen LogP contribution in [0.3, 0.4) is 0 Å². The van der Waals surface area contributed by atoms with Gasteiger partial charge in [0.05, 0.1) is 13.2 Å². The molecule has 0 aliphatic carbocycles. The van der Waals surface area contributed by atoms with E-state index in [9.17, 15) is 9.59 Å². The van der Waals surface area contributed by atoms with Gasteiger partial charge in [-0.25, -0.2) is 9.59 Å². The fourth-order valence-electron chi connectivity index (χ4n) is 1.16. The first kappa shape index (κ1) is 15.3. The minimum absolute atomic E-state index is 0.194. The standard InChI is InChI=1S/C12H16O6S/c1-3-15-11(13)5-17-9-7-19-8-10(9)18-6-12(14)16-4-2/h7-8H,3-6H2,1-2H3. The first-order valence-corrected chi connectivity index (χ1v) is 6.74. The van der Waals surface area contributed by atoms with Gasteiger partial charge >= 0.3 is 11.9 Å². The van der Waals surface area contributed by atoms with Gasteiger partial charge < -0.3 is 18.9 Å². The average molecular weight is 288 g/mol. The third-order valence-electron chi connectivity index (χ3n) is 1.89. The molecule has 106 valence electrons. The highest BCUT2D eigenvalue weighted by atomic mass is 32.1. The Morgan fingerprint density at radius 3 is 1.74 bits per heavy atom. The summed E-state index contributed by atoms with van der Waals surface area (Å²) in [6.45, 7) is 3.66. The Labute approximate surface area is 115 Å². The summed E-state index contributed by atoms with van der Waals surface area (Å²) in [6, 6.07) is 0. The summed E-state index contributed by atoms with van der Waals surface area (Å²) in [5.74, 6) is -0.0974. The highest BCUT2D eigenvalue weighted by Gasteiger charge is 2.11. The maximum absolute atomic E-state index is 11.1. The predicted octanol–water partition coefficient (Wildman–Crippen LogP) is 1.63. The first-order chi connectivity index (χ1) is 9.17. The zero-order valence-corrected chi connectivity index (χ0v) is 11.7. The molecule has 0 aliphatic heterocycles. The maximum Gasteiger partial charge on any atom is 0.344 e. The van der Waals surface area contributed by atoms with Crippen LogP contribution < -0.4 is 9.47 Å². The molecule has 6 nitrogen and oxygen atoms in total. The summed E-state index contributed by atoms with van der Waals surface area (Å²) < 4.78 is 20.0. The van der Waals surface area contributed by atoms with E-state index < -0.39 is 11.9 Å². The molecule has 0 saturated heterocycles. The molecule has 0 spiro atoms. The van der Waals surface area contributed by atoms with E-state index >= 15 is 0 Å². The van der Waals surface area contributed by atoms with Gasteiger partial charge in [0.15, 0.2) is 24.7 Å². The monoisotopic (exact) mass is 288 g/mol. The normalized spacial score (nSPS) is 9.79. The largest absolute Gasteiger partial charge is 0.477 e. The number of ether oxygens (including phenoxy) is 4. The summed E-state index contributed by atoms with van der Waals surface area (Å²) >= 11 is 1.34. The van der Waals surface area contributed by atoms with Crippen LogP contribution in [0.25, 0.3) is 0 Å². The topological polar surface area (TPSA) is 71.1 Å². The SMILES string of the molecule is CCOC(=O)COc1cscc1OCC(=O)OCC.